The quantitative estimate of drug-likeness (QED) is 0.0686. The summed E-state index contributed by atoms with van der Waals surface area (Å²) >= 11 is 0. The number of carbonyl (C=O) groups is 6. The smallest absolute Gasteiger partial charge is 0.340 e. The molecule has 0 amide bonds. The number of carboxylic acids is 1. The molecule has 5 aliphatic rings. The van der Waals surface area contributed by atoms with Crippen molar-refractivity contribution >= 4 is 35.8 Å². The number of esters is 5. The van der Waals surface area contributed by atoms with Crippen LogP contribution < -0.4 is 4.74 Å². The second kappa shape index (κ2) is 17.3. The van der Waals surface area contributed by atoms with Crippen molar-refractivity contribution < 1.29 is 154 Å². The number of benzene rings is 6. The third-order valence-corrected chi connectivity index (χ3v) is 13.1. The van der Waals surface area contributed by atoms with Crippen LogP contribution in [0.3, 0.4) is 0 Å². The van der Waals surface area contributed by atoms with Gasteiger partial charge in [0.1, 0.15) is 18.3 Å². The van der Waals surface area contributed by atoms with Crippen molar-refractivity contribution in [3.8, 4) is 143 Å². The molecule has 5 heterocycles. The molecule has 0 aliphatic carbocycles. The van der Waals surface area contributed by atoms with Crippen molar-refractivity contribution in [2.24, 2.45) is 0 Å². The highest BCUT2D eigenvalue weighted by molar-refractivity contribution is 6.16. The molecule has 5 aliphatic heterocycles. The maximum absolute atomic E-state index is 15.3. The summed E-state index contributed by atoms with van der Waals surface area (Å²) in [6.45, 7) is -1.63. The van der Waals surface area contributed by atoms with Gasteiger partial charge >= 0.3 is 35.8 Å². The Morgan fingerprint density at radius 2 is 0.823 bits per heavy atom. The van der Waals surface area contributed by atoms with E-state index in [1.54, 1.807) is 0 Å². The van der Waals surface area contributed by atoms with E-state index in [0.717, 1.165) is 0 Å². The molecule has 6 aromatic rings. The third kappa shape index (κ3) is 7.09. The van der Waals surface area contributed by atoms with Crippen molar-refractivity contribution in [3.63, 3.8) is 0 Å². The zero-order chi connectivity index (χ0) is 57.6. The Morgan fingerprint density at radius 3 is 1.41 bits per heavy atom. The molecule has 0 spiro atoms. The molecule has 31 nitrogen and oxygen atoms in total. The number of aromatic carboxylic acids is 1. The minimum atomic E-state index is -2.96. The van der Waals surface area contributed by atoms with Gasteiger partial charge in [-0.1, -0.05) is 0 Å². The van der Waals surface area contributed by atoms with E-state index in [1.165, 1.54) is 0 Å². The second-order valence-corrected chi connectivity index (χ2v) is 17.4. The molecule has 0 unspecified atom stereocenters. The highest BCUT2D eigenvalue weighted by Gasteiger charge is 2.55. The molecule has 0 aromatic heterocycles. The number of ether oxygens (including phenoxy) is 6. The zero-order valence-corrected chi connectivity index (χ0v) is 38.3. The standard InChI is InChI=1S/C48H30O31/c49-10-1-6-15(28(56)24(10)52)16-8(4-13(27(55)30(16)58)75-39-9(43(67)68)3-12(51)26(54)38(39)66)46(71)77-40-14(5-74-44(6)69)76-45(70)7-2-11(50)25(53)29(57)17(7)18-21-19(32(60)36(64)31(18)59)20-22-23(34(62)37(65)33(20)61)35(63)41(78-48(22)73)42(40)79-47(21)72/h1-4,14,35,40-42,49-66H,5H2,(H,67,68)/t14-,35+,40-,41-,42+/m1/s1. The summed E-state index contributed by atoms with van der Waals surface area (Å²) in [5.74, 6) is -41.8. The summed E-state index contributed by atoms with van der Waals surface area (Å²) in [5, 5.41) is 211. The topological polar surface area (TPSA) is 542 Å². The van der Waals surface area contributed by atoms with E-state index >= 15 is 9.59 Å². The number of aromatic hydroxyl groups is 17. The molecular formula is C48H30O31. The molecular weight excluding hydrogens is 1070 g/mol. The van der Waals surface area contributed by atoms with Gasteiger partial charge in [-0.15, -0.1) is 0 Å². The first-order valence-electron chi connectivity index (χ1n) is 21.8. The first-order valence-corrected chi connectivity index (χ1v) is 21.8. The lowest BCUT2D eigenvalue weighted by Gasteiger charge is -2.40. The summed E-state index contributed by atoms with van der Waals surface area (Å²) in [7, 11) is 0. The summed E-state index contributed by atoms with van der Waals surface area (Å²) in [4.78, 5) is 86.3. The van der Waals surface area contributed by atoms with Crippen LogP contribution in [0, 0.1) is 0 Å². The number of phenolic OH excluding ortho intramolecular Hbond substituents is 17. The van der Waals surface area contributed by atoms with Gasteiger partial charge in [0, 0.05) is 51.1 Å². The molecule has 0 radical (unpaired) electrons. The normalized spacial score (nSPS) is 19.1. The highest BCUT2D eigenvalue weighted by atomic mass is 16.6. The van der Waals surface area contributed by atoms with Crippen molar-refractivity contribution in [2.45, 2.75) is 30.5 Å². The number of aliphatic hydroxyl groups is 1. The minimum Gasteiger partial charge on any atom is -0.504 e. The van der Waals surface area contributed by atoms with Crippen LogP contribution >= 0.6 is 0 Å². The van der Waals surface area contributed by atoms with Crippen LogP contribution in [0.15, 0.2) is 24.3 Å². The average molecular weight is 1100 g/mol. The monoisotopic (exact) mass is 1100 g/mol. The maximum atomic E-state index is 15.3. The van der Waals surface area contributed by atoms with Crippen molar-refractivity contribution in [2.75, 3.05) is 6.61 Å². The van der Waals surface area contributed by atoms with Crippen LogP contribution in [0.1, 0.15) is 73.8 Å². The molecule has 0 saturated heterocycles. The minimum absolute atomic E-state index is 0.249. The van der Waals surface area contributed by atoms with Gasteiger partial charge in [0.2, 0.25) is 40.2 Å². The number of hydrogen-bond donors (Lipinski definition) is 19. The van der Waals surface area contributed by atoms with E-state index in [4.69, 9.17) is 28.4 Å². The Kier molecular flexibility index (Phi) is 11.2. The Balaban J connectivity index is 1.32. The van der Waals surface area contributed by atoms with Crippen LogP contribution in [0.5, 0.6) is 109 Å². The first-order chi connectivity index (χ1) is 37.1. The van der Waals surface area contributed by atoms with Gasteiger partial charge in [-0.25, -0.2) is 28.8 Å². The lowest BCUT2D eigenvalue weighted by molar-refractivity contribution is -0.154. The first kappa shape index (κ1) is 51.0. The van der Waals surface area contributed by atoms with Crippen molar-refractivity contribution in [3.05, 3.63) is 63.2 Å². The van der Waals surface area contributed by atoms with Crippen LogP contribution in [0.25, 0.3) is 33.4 Å². The summed E-state index contributed by atoms with van der Waals surface area (Å²) < 4.78 is 33.5. The number of cyclic esters (lactones) is 1. The third-order valence-electron chi connectivity index (χ3n) is 13.1. The summed E-state index contributed by atoms with van der Waals surface area (Å²) in [6, 6.07) is 1.15. The molecule has 19 N–H and O–H groups in total. The molecule has 408 valence electrons. The highest BCUT2D eigenvalue weighted by Crippen LogP contribution is 2.62. The van der Waals surface area contributed by atoms with Gasteiger partial charge in [0.05, 0.1) is 27.8 Å². The largest absolute Gasteiger partial charge is 0.504 e. The van der Waals surface area contributed by atoms with Crippen molar-refractivity contribution in [1.29, 1.82) is 0 Å². The van der Waals surface area contributed by atoms with Gasteiger partial charge in [0.25, 0.3) is 0 Å². The Hall–Kier alpha value is -11.5. The SMILES string of the molecule is O=C(O)c1cc(O)c(O)c(O)c1Oc1cc2c(c(O)c1O)-c1c(cc(O)c(O)c1O)C(=O)OC[C@H]1OC(=O)c3cc(O)c(O)c(O)c3-c3c(O)c(O)c(O)c4c3C(=O)O[C@@H]([C@@H]1OC2=O)[C@@H]1OC(=O)c2c-4c(O)c(O)c(O)c2[C@@H]1O. The fourth-order valence-electron chi connectivity index (χ4n) is 9.45. The van der Waals surface area contributed by atoms with Crippen LogP contribution in [0.2, 0.25) is 0 Å². The molecule has 11 rings (SSSR count). The van der Waals surface area contributed by atoms with Crippen LogP contribution in [-0.2, 0) is 23.7 Å². The van der Waals surface area contributed by atoms with Gasteiger partial charge < -0.3 is 125 Å². The Morgan fingerprint density at radius 1 is 0.405 bits per heavy atom. The van der Waals surface area contributed by atoms with E-state index in [0.29, 0.717) is 12.1 Å². The van der Waals surface area contributed by atoms with Crippen molar-refractivity contribution in [1.82, 2.24) is 0 Å². The Bertz CT molecular complexity index is 3880. The number of fused-ring (bicyclic) bond motifs is 7. The summed E-state index contributed by atoms with van der Waals surface area (Å²) in [6.07, 6.45) is -14.2. The number of aliphatic hydroxyl groups excluding tert-OH is 1. The fraction of sp³-hybridized carbons (Fsp3) is 0.125. The molecule has 6 aromatic carbocycles. The van der Waals surface area contributed by atoms with Gasteiger partial charge in [-0.05, 0) is 12.1 Å². The summed E-state index contributed by atoms with van der Waals surface area (Å²) in [5.41, 5.74) is -17.4. The number of carbonyl (C=O) groups excluding carboxylic acids is 5. The predicted molar refractivity (Wildman–Crippen MR) is 243 cm³/mol. The lowest BCUT2D eigenvalue weighted by atomic mass is 9.80. The molecule has 0 fully saturated rings. The zero-order valence-electron chi connectivity index (χ0n) is 38.3. The molecule has 31 heteroatoms. The maximum Gasteiger partial charge on any atom is 0.340 e. The van der Waals surface area contributed by atoms with Gasteiger partial charge in [-0.2, -0.15) is 0 Å². The van der Waals surface area contributed by atoms with E-state index < -0.39 is 255 Å². The van der Waals surface area contributed by atoms with Gasteiger partial charge in [0.15, 0.2) is 93.4 Å². The molecule has 79 heavy (non-hydrogen) atoms. The number of rotatable bonds is 3. The number of carboxylic acid groups (broad SMARTS) is 1. The van der Waals surface area contributed by atoms with E-state index in [2.05, 4.69) is 0 Å². The van der Waals surface area contributed by atoms with Crippen LogP contribution in [0.4, 0.5) is 0 Å². The molecule has 0 saturated carbocycles. The van der Waals surface area contributed by atoms with E-state index in [-0.39, 0.29) is 12.1 Å². The van der Waals surface area contributed by atoms with Crippen LogP contribution in [-0.4, -0.2) is 164 Å². The molecule has 6 bridgehead atoms. The van der Waals surface area contributed by atoms with E-state index in [1.807, 2.05) is 0 Å². The fourth-order valence-corrected chi connectivity index (χ4v) is 9.45. The Labute approximate surface area is 432 Å². The lowest BCUT2D eigenvalue weighted by Crippen LogP contribution is -2.56. The van der Waals surface area contributed by atoms with Gasteiger partial charge in [-0.3, -0.25) is 0 Å². The predicted octanol–water partition coefficient (Wildman–Crippen LogP) is 2.22. The molecule has 5 atom stereocenters. The van der Waals surface area contributed by atoms with E-state index in [9.17, 15) is 116 Å². The second-order valence-electron chi connectivity index (χ2n) is 17.4. The number of phenols is 17. The average Bonchev–Trinajstić information content (AvgIpc) is 3.64. The number of hydrogen-bond acceptors (Lipinski definition) is 30.